The van der Waals surface area contributed by atoms with Gasteiger partial charge in [0.15, 0.2) is 0 Å². The van der Waals surface area contributed by atoms with E-state index in [2.05, 4.69) is 57.2 Å². The third-order valence-corrected chi connectivity index (χ3v) is 9.20. The summed E-state index contributed by atoms with van der Waals surface area (Å²) in [6.45, 7) is 14.4. The highest BCUT2D eigenvalue weighted by Gasteiger charge is 2.28. The highest BCUT2D eigenvalue weighted by Crippen LogP contribution is 2.36. The molecule has 1 aromatic heterocycles. The summed E-state index contributed by atoms with van der Waals surface area (Å²) in [6.07, 6.45) is 4.37. The average Bonchev–Trinajstić information content (AvgIpc) is 3.18. The number of carbonyl (C=O) groups is 1. The summed E-state index contributed by atoms with van der Waals surface area (Å²) in [7, 11) is 3.80. The summed E-state index contributed by atoms with van der Waals surface area (Å²) >= 11 is 1.63. The number of benzene rings is 1. The van der Waals surface area contributed by atoms with E-state index in [1.807, 2.05) is 45.2 Å². The number of para-hydroxylation sites is 1. The Kier molecular flexibility index (Phi) is 8.16. The average molecular weight is 478 g/mol. The zero-order valence-electron chi connectivity index (χ0n) is 19.5. The molecule has 1 aliphatic rings. The van der Waals surface area contributed by atoms with Crippen LogP contribution in [0.4, 0.5) is 5.69 Å². The Morgan fingerprint density at radius 2 is 1.87 bits per heavy atom. The molecule has 3 rings (SSSR count). The summed E-state index contributed by atoms with van der Waals surface area (Å²) in [5.74, 6) is 0.341. The number of hydrogen-bond donors (Lipinski definition) is 1. The van der Waals surface area contributed by atoms with Gasteiger partial charge >= 0.3 is 0 Å². The van der Waals surface area contributed by atoms with E-state index in [0.29, 0.717) is 11.6 Å². The summed E-state index contributed by atoms with van der Waals surface area (Å²) in [5.41, 5.74) is 2.50. The van der Waals surface area contributed by atoms with E-state index in [0.717, 1.165) is 48.7 Å². The molecule has 0 unspecified atom stereocenters. The lowest BCUT2D eigenvalue weighted by atomic mass is 9.86. The SMILES string of the molecule is CSSC(C)(C)CN1CCC(c2nc(C(=O)Nc3ccccc3C(C)(C)C)cs2)CC1. The van der Waals surface area contributed by atoms with Gasteiger partial charge in [0.05, 0.1) is 5.01 Å². The van der Waals surface area contributed by atoms with Crippen LogP contribution >= 0.6 is 32.9 Å². The van der Waals surface area contributed by atoms with Crippen molar-refractivity contribution < 1.29 is 4.79 Å². The van der Waals surface area contributed by atoms with Gasteiger partial charge in [0, 0.05) is 28.3 Å². The van der Waals surface area contributed by atoms with Gasteiger partial charge in [-0.1, -0.05) is 60.6 Å². The van der Waals surface area contributed by atoms with Gasteiger partial charge in [-0.15, -0.1) is 11.3 Å². The molecule has 7 heteroatoms. The first-order valence-corrected chi connectivity index (χ1v) is 14.3. The largest absolute Gasteiger partial charge is 0.320 e. The Morgan fingerprint density at radius 1 is 1.19 bits per heavy atom. The van der Waals surface area contributed by atoms with E-state index in [-0.39, 0.29) is 16.1 Å². The molecule has 0 atom stereocenters. The van der Waals surface area contributed by atoms with Gasteiger partial charge in [-0.25, -0.2) is 4.98 Å². The van der Waals surface area contributed by atoms with E-state index in [4.69, 9.17) is 4.98 Å². The number of nitrogens with one attached hydrogen (secondary N) is 1. The van der Waals surface area contributed by atoms with Crippen molar-refractivity contribution in [2.24, 2.45) is 0 Å². The molecule has 31 heavy (non-hydrogen) atoms. The van der Waals surface area contributed by atoms with E-state index in [1.54, 1.807) is 11.3 Å². The number of anilines is 1. The summed E-state index contributed by atoms with van der Waals surface area (Å²) in [5, 5.41) is 6.10. The van der Waals surface area contributed by atoms with Gasteiger partial charge in [-0.2, -0.15) is 0 Å². The first-order chi connectivity index (χ1) is 14.6. The molecule has 1 amide bonds. The second kappa shape index (κ2) is 10.3. The fraction of sp³-hybridized carbons (Fsp3) is 0.583. The number of carbonyl (C=O) groups excluding carboxylic acids is 1. The smallest absolute Gasteiger partial charge is 0.275 e. The highest BCUT2D eigenvalue weighted by molar-refractivity contribution is 8.76. The molecule has 170 valence electrons. The predicted octanol–water partition coefficient (Wildman–Crippen LogP) is 6.66. The molecular formula is C24H35N3OS3. The van der Waals surface area contributed by atoms with Crippen LogP contribution in [0.2, 0.25) is 0 Å². The highest BCUT2D eigenvalue weighted by atomic mass is 33.1. The first kappa shape index (κ1) is 24.6. The molecule has 0 spiro atoms. The number of nitrogens with zero attached hydrogens (tertiary/aromatic N) is 2. The van der Waals surface area contributed by atoms with Crippen LogP contribution in [-0.2, 0) is 5.41 Å². The maximum atomic E-state index is 12.9. The van der Waals surface area contributed by atoms with Crippen LogP contribution in [0, 0.1) is 0 Å². The number of aromatic nitrogens is 1. The van der Waals surface area contributed by atoms with E-state index in [1.165, 1.54) is 0 Å². The standard InChI is InChI=1S/C24H35N3OS3/c1-23(2,3)18-9-7-8-10-19(18)25-21(28)20-15-30-22(26-20)17-11-13-27(14-12-17)16-24(4,5)31-29-6/h7-10,15,17H,11-14,16H2,1-6H3,(H,25,28). The minimum Gasteiger partial charge on any atom is -0.320 e. The second-order valence-electron chi connectivity index (χ2n) is 9.88. The van der Waals surface area contributed by atoms with Crippen molar-refractivity contribution in [2.45, 2.75) is 63.5 Å². The molecule has 2 heterocycles. The zero-order valence-corrected chi connectivity index (χ0v) is 22.0. The van der Waals surface area contributed by atoms with Crippen LogP contribution in [0.5, 0.6) is 0 Å². The Balaban J connectivity index is 1.60. The van der Waals surface area contributed by atoms with Crippen LogP contribution in [-0.4, -0.2) is 46.4 Å². The van der Waals surface area contributed by atoms with Crippen molar-refractivity contribution in [1.82, 2.24) is 9.88 Å². The van der Waals surface area contributed by atoms with Crippen molar-refractivity contribution in [1.29, 1.82) is 0 Å². The zero-order chi connectivity index (χ0) is 22.6. The number of rotatable bonds is 7. The maximum Gasteiger partial charge on any atom is 0.275 e. The Hall–Kier alpha value is -1.02. The van der Waals surface area contributed by atoms with E-state index >= 15 is 0 Å². The van der Waals surface area contributed by atoms with Crippen molar-refractivity contribution in [3.05, 3.63) is 45.9 Å². The molecule has 2 aromatic rings. The third-order valence-electron chi connectivity index (χ3n) is 5.59. The number of hydrogen-bond acceptors (Lipinski definition) is 6. The Bertz CT molecular complexity index is 880. The summed E-state index contributed by atoms with van der Waals surface area (Å²) in [4.78, 5) is 20.2. The van der Waals surface area contributed by atoms with Gasteiger partial charge in [0.1, 0.15) is 5.69 Å². The van der Waals surface area contributed by atoms with Crippen molar-refractivity contribution >= 4 is 44.5 Å². The lowest BCUT2D eigenvalue weighted by Gasteiger charge is -2.36. The molecule has 1 aliphatic heterocycles. The first-order valence-electron chi connectivity index (χ1n) is 10.9. The van der Waals surface area contributed by atoms with Gasteiger partial charge < -0.3 is 10.2 Å². The molecule has 0 bridgehead atoms. The fourth-order valence-corrected chi connectivity index (χ4v) is 7.31. The molecule has 1 aromatic carbocycles. The van der Waals surface area contributed by atoms with Gasteiger partial charge in [-0.05, 0) is 63.1 Å². The minimum absolute atomic E-state index is 0.0338. The van der Waals surface area contributed by atoms with Crippen LogP contribution in [0.25, 0.3) is 0 Å². The molecule has 1 fully saturated rings. The van der Waals surface area contributed by atoms with Gasteiger partial charge in [-0.3, -0.25) is 4.79 Å². The Labute approximate surface area is 199 Å². The van der Waals surface area contributed by atoms with Crippen LogP contribution in [0.3, 0.4) is 0 Å². The molecule has 0 radical (unpaired) electrons. The molecular weight excluding hydrogens is 442 g/mol. The maximum absolute atomic E-state index is 12.9. The second-order valence-corrected chi connectivity index (χ2v) is 13.9. The number of piperidine rings is 1. The number of thiazole rings is 1. The van der Waals surface area contributed by atoms with E-state index in [9.17, 15) is 4.79 Å². The number of amides is 1. The van der Waals surface area contributed by atoms with Crippen LogP contribution in [0.1, 0.15) is 74.4 Å². The van der Waals surface area contributed by atoms with Crippen LogP contribution < -0.4 is 5.32 Å². The molecule has 1 N–H and O–H groups in total. The third kappa shape index (κ3) is 6.73. The van der Waals surface area contributed by atoms with Gasteiger partial charge in [0.25, 0.3) is 5.91 Å². The molecule has 0 saturated carbocycles. The topological polar surface area (TPSA) is 45.2 Å². The predicted molar refractivity (Wildman–Crippen MR) is 139 cm³/mol. The van der Waals surface area contributed by atoms with Crippen molar-refractivity contribution in [3.63, 3.8) is 0 Å². The summed E-state index contributed by atoms with van der Waals surface area (Å²) < 4.78 is 0.266. The fourth-order valence-electron chi connectivity index (χ4n) is 4.14. The lowest BCUT2D eigenvalue weighted by Crippen LogP contribution is -2.40. The quantitative estimate of drug-likeness (QED) is 0.452. The van der Waals surface area contributed by atoms with Crippen molar-refractivity contribution in [2.75, 3.05) is 31.2 Å². The van der Waals surface area contributed by atoms with Crippen LogP contribution in [0.15, 0.2) is 29.6 Å². The molecule has 4 nitrogen and oxygen atoms in total. The summed E-state index contributed by atoms with van der Waals surface area (Å²) in [6, 6.07) is 8.03. The minimum atomic E-state index is -0.118. The van der Waals surface area contributed by atoms with Crippen molar-refractivity contribution in [3.8, 4) is 0 Å². The molecule has 1 saturated heterocycles. The molecule has 0 aliphatic carbocycles. The van der Waals surface area contributed by atoms with Gasteiger partial charge in [0.2, 0.25) is 0 Å². The van der Waals surface area contributed by atoms with E-state index < -0.39 is 0 Å². The number of likely N-dealkylation sites (tertiary alicyclic amines) is 1. The monoisotopic (exact) mass is 477 g/mol. The lowest BCUT2D eigenvalue weighted by molar-refractivity contribution is 0.102. The Morgan fingerprint density at radius 3 is 2.52 bits per heavy atom. The normalized spacial score (nSPS) is 16.5.